The van der Waals surface area contributed by atoms with E-state index in [0.717, 1.165) is 23.1 Å². The van der Waals surface area contributed by atoms with Gasteiger partial charge in [-0.3, -0.25) is 4.79 Å². The molecule has 0 aromatic heterocycles. The van der Waals surface area contributed by atoms with E-state index in [0.29, 0.717) is 23.9 Å². The molecule has 0 atom stereocenters. The second kappa shape index (κ2) is 10.2. The van der Waals surface area contributed by atoms with Crippen molar-refractivity contribution in [3.8, 4) is 17.2 Å². The highest BCUT2D eigenvalue weighted by Gasteiger charge is 2.06. The smallest absolute Gasteiger partial charge is 0.277 e. The Hall–Kier alpha value is -3.02. The van der Waals surface area contributed by atoms with Crippen LogP contribution in [0.2, 0.25) is 0 Å². The molecule has 0 aliphatic carbocycles. The first kappa shape index (κ1) is 20.3. The molecule has 0 radical (unpaired) electrons. The van der Waals surface area contributed by atoms with Crippen LogP contribution in [0, 0.1) is 13.8 Å². The van der Waals surface area contributed by atoms with Crippen molar-refractivity contribution in [1.82, 2.24) is 5.43 Å². The lowest BCUT2D eigenvalue weighted by Crippen LogP contribution is -2.24. The maximum Gasteiger partial charge on any atom is 0.277 e. The predicted octanol–water partition coefficient (Wildman–Crippen LogP) is 3.63. The van der Waals surface area contributed by atoms with E-state index in [1.165, 1.54) is 0 Å². The first-order valence-corrected chi connectivity index (χ1v) is 8.86. The molecule has 6 nitrogen and oxygen atoms in total. The second-order valence-corrected chi connectivity index (χ2v) is 6.11. The van der Waals surface area contributed by atoms with Crippen LogP contribution in [0.15, 0.2) is 41.5 Å². The lowest BCUT2D eigenvalue weighted by Gasteiger charge is -2.10. The molecule has 0 unspecified atom stereocenters. The molecular formula is C21H26N2O4. The Bertz CT molecular complexity index is 803. The fourth-order valence-electron chi connectivity index (χ4n) is 2.32. The van der Waals surface area contributed by atoms with Crippen molar-refractivity contribution in [1.29, 1.82) is 0 Å². The van der Waals surface area contributed by atoms with Gasteiger partial charge in [0.25, 0.3) is 5.91 Å². The summed E-state index contributed by atoms with van der Waals surface area (Å²) in [5, 5.41) is 3.97. The van der Waals surface area contributed by atoms with Crippen LogP contribution >= 0.6 is 0 Å². The van der Waals surface area contributed by atoms with Gasteiger partial charge in [-0.1, -0.05) is 19.1 Å². The number of carbonyl (C=O) groups is 1. The number of carbonyl (C=O) groups excluding carboxylic acids is 1. The molecular weight excluding hydrogens is 344 g/mol. The highest BCUT2D eigenvalue weighted by molar-refractivity contribution is 5.83. The summed E-state index contributed by atoms with van der Waals surface area (Å²) in [5.74, 6) is 1.67. The second-order valence-electron chi connectivity index (χ2n) is 6.11. The molecule has 0 saturated heterocycles. The van der Waals surface area contributed by atoms with Gasteiger partial charge in [-0.25, -0.2) is 5.43 Å². The Morgan fingerprint density at radius 3 is 2.63 bits per heavy atom. The molecule has 0 aliphatic heterocycles. The summed E-state index contributed by atoms with van der Waals surface area (Å²) < 4.78 is 16.5. The molecule has 27 heavy (non-hydrogen) atoms. The molecule has 0 aliphatic rings. The molecule has 0 heterocycles. The van der Waals surface area contributed by atoms with E-state index in [2.05, 4.69) is 10.5 Å². The molecule has 0 fully saturated rings. The Morgan fingerprint density at radius 2 is 1.89 bits per heavy atom. The summed E-state index contributed by atoms with van der Waals surface area (Å²) in [6.45, 7) is 6.45. The third-order valence-electron chi connectivity index (χ3n) is 3.75. The molecule has 2 aromatic carbocycles. The number of ether oxygens (including phenoxy) is 3. The van der Waals surface area contributed by atoms with Crippen LogP contribution in [0.4, 0.5) is 0 Å². The summed E-state index contributed by atoms with van der Waals surface area (Å²) in [6.07, 6.45) is 2.45. The van der Waals surface area contributed by atoms with E-state index in [-0.39, 0.29) is 12.5 Å². The van der Waals surface area contributed by atoms with Crippen LogP contribution in [-0.2, 0) is 4.79 Å². The van der Waals surface area contributed by atoms with Crippen molar-refractivity contribution < 1.29 is 19.0 Å². The standard InChI is InChI=1S/C21H26N2O4/c1-5-10-26-20-12-17(8-9-18(20)25-4)13-22-23-21(24)14-27-19-11-15(2)6-7-16(19)3/h6-9,11-13H,5,10,14H2,1-4H3,(H,23,24)/b22-13-. The summed E-state index contributed by atoms with van der Waals surface area (Å²) in [6, 6.07) is 11.3. The van der Waals surface area contributed by atoms with Crippen molar-refractivity contribution in [2.45, 2.75) is 27.2 Å². The van der Waals surface area contributed by atoms with Crippen molar-refractivity contribution >= 4 is 12.1 Å². The van der Waals surface area contributed by atoms with Crippen molar-refractivity contribution in [3.63, 3.8) is 0 Å². The number of benzene rings is 2. The number of hydrogen-bond donors (Lipinski definition) is 1. The number of nitrogens with one attached hydrogen (secondary N) is 1. The van der Waals surface area contributed by atoms with Crippen LogP contribution in [0.3, 0.4) is 0 Å². The van der Waals surface area contributed by atoms with Crippen molar-refractivity contribution in [2.24, 2.45) is 5.10 Å². The zero-order valence-electron chi connectivity index (χ0n) is 16.2. The lowest BCUT2D eigenvalue weighted by atomic mass is 10.1. The number of nitrogens with zero attached hydrogens (tertiary/aromatic N) is 1. The van der Waals surface area contributed by atoms with Gasteiger partial charge in [-0.2, -0.15) is 5.10 Å². The van der Waals surface area contributed by atoms with Crippen LogP contribution in [0.1, 0.15) is 30.0 Å². The summed E-state index contributed by atoms with van der Waals surface area (Å²) in [7, 11) is 1.60. The van der Waals surface area contributed by atoms with E-state index >= 15 is 0 Å². The third kappa shape index (κ3) is 6.33. The fraction of sp³-hybridized carbons (Fsp3) is 0.333. The third-order valence-corrected chi connectivity index (χ3v) is 3.75. The normalized spacial score (nSPS) is 10.7. The Morgan fingerprint density at radius 1 is 1.07 bits per heavy atom. The minimum absolute atomic E-state index is 0.102. The van der Waals surface area contributed by atoms with Gasteiger partial charge in [0.15, 0.2) is 18.1 Å². The van der Waals surface area contributed by atoms with E-state index in [9.17, 15) is 4.79 Å². The van der Waals surface area contributed by atoms with Crippen molar-refractivity contribution in [2.75, 3.05) is 20.3 Å². The number of hydrazone groups is 1. The average molecular weight is 370 g/mol. The van der Waals surface area contributed by atoms with Gasteiger partial charge in [0.2, 0.25) is 0 Å². The zero-order chi connectivity index (χ0) is 19.6. The van der Waals surface area contributed by atoms with Gasteiger partial charge < -0.3 is 14.2 Å². The monoisotopic (exact) mass is 370 g/mol. The quantitative estimate of drug-likeness (QED) is 0.541. The fourth-order valence-corrected chi connectivity index (χ4v) is 2.32. The Labute approximate surface area is 160 Å². The Kier molecular flexibility index (Phi) is 7.67. The summed E-state index contributed by atoms with van der Waals surface area (Å²) in [4.78, 5) is 11.9. The first-order chi connectivity index (χ1) is 13.0. The molecule has 144 valence electrons. The maximum absolute atomic E-state index is 11.9. The van der Waals surface area contributed by atoms with E-state index in [4.69, 9.17) is 14.2 Å². The predicted molar refractivity (Wildman–Crippen MR) is 106 cm³/mol. The number of amides is 1. The minimum Gasteiger partial charge on any atom is -0.493 e. The average Bonchev–Trinajstić information content (AvgIpc) is 2.67. The van der Waals surface area contributed by atoms with Gasteiger partial charge in [0, 0.05) is 0 Å². The number of methoxy groups -OCH3 is 1. The highest BCUT2D eigenvalue weighted by Crippen LogP contribution is 2.27. The number of hydrogen-bond acceptors (Lipinski definition) is 5. The molecule has 1 amide bonds. The SMILES string of the molecule is CCCOc1cc(/C=N\NC(=O)COc2cc(C)ccc2C)ccc1OC. The Balaban J connectivity index is 1.90. The van der Waals surface area contributed by atoms with E-state index in [1.54, 1.807) is 19.4 Å². The maximum atomic E-state index is 11.9. The molecule has 0 saturated carbocycles. The highest BCUT2D eigenvalue weighted by atomic mass is 16.5. The molecule has 0 spiro atoms. The molecule has 1 N–H and O–H groups in total. The summed E-state index contributed by atoms with van der Waals surface area (Å²) in [5.41, 5.74) is 5.31. The number of rotatable bonds is 9. The minimum atomic E-state index is -0.330. The summed E-state index contributed by atoms with van der Waals surface area (Å²) >= 11 is 0. The van der Waals surface area contributed by atoms with Crippen LogP contribution in [0.5, 0.6) is 17.2 Å². The van der Waals surface area contributed by atoms with Gasteiger partial charge in [0.1, 0.15) is 5.75 Å². The number of aryl methyl sites for hydroxylation is 2. The molecule has 2 rings (SSSR count). The van der Waals surface area contributed by atoms with Gasteiger partial charge in [-0.05, 0) is 61.2 Å². The van der Waals surface area contributed by atoms with Crippen LogP contribution in [0.25, 0.3) is 0 Å². The van der Waals surface area contributed by atoms with E-state index < -0.39 is 0 Å². The lowest BCUT2D eigenvalue weighted by molar-refractivity contribution is -0.123. The topological polar surface area (TPSA) is 69.2 Å². The van der Waals surface area contributed by atoms with Gasteiger partial charge in [0.05, 0.1) is 19.9 Å². The van der Waals surface area contributed by atoms with Gasteiger partial charge in [-0.15, -0.1) is 0 Å². The first-order valence-electron chi connectivity index (χ1n) is 8.86. The zero-order valence-corrected chi connectivity index (χ0v) is 16.2. The van der Waals surface area contributed by atoms with Gasteiger partial charge >= 0.3 is 0 Å². The molecule has 2 aromatic rings. The largest absolute Gasteiger partial charge is 0.493 e. The van der Waals surface area contributed by atoms with Crippen LogP contribution < -0.4 is 19.6 Å². The van der Waals surface area contributed by atoms with Crippen LogP contribution in [-0.4, -0.2) is 32.4 Å². The van der Waals surface area contributed by atoms with Crippen molar-refractivity contribution in [3.05, 3.63) is 53.1 Å². The van der Waals surface area contributed by atoms with E-state index in [1.807, 2.05) is 51.1 Å². The molecule has 6 heteroatoms. The molecule has 0 bridgehead atoms.